The summed E-state index contributed by atoms with van der Waals surface area (Å²) in [5.74, 6) is 6.52. The lowest BCUT2D eigenvalue weighted by atomic mass is 10.1. The van der Waals surface area contributed by atoms with Crippen molar-refractivity contribution in [1.82, 2.24) is 14.9 Å². The first-order valence-electron chi connectivity index (χ1n) is 7.24. The van der Waals surface area contributed by atoms with Gasteiger partial charge in [0.1, 0.15) is 5.82 Å². The molecule has 0 spiro atoms. The molecule has 3 rings (SSSR count). The number of halogens is 1. The van der Waals surface area contributed by atoms with Gasteiger partial charge in [-0.3, -0.25) is 0 Å². The zero-order valence-corrected chi connectivity index (χ0v) is 13.7. The van der Waals surface area contributed by atoms with Crippen molar-refractivity contribution in [2.45, 2.75) is 24.3 Å². The van der Waals surface area contributed by atoms with Crippen LogP contribution in [0.4, 0.5) is 4.39 Å². The number of nitrogens with two attached hydrogens (primary N) is 1. The van der Waals surface area contributed by atoms with Gasteiger partial charge < -0.3 is 5.84 Å². The van der Waals surface area contributed by atoms with Gasteiger partial charge in [-0.2, -0.15) is 0 Å². The SMILES string of the molecule is Cc1ccc(-c2nnc(SC(C)c3ccc(F)cc3)n2N)cc1. The van der Waals surface area contributed by atoms with E-state index in [0.717, 1.165) is 11.1 Å². The van der Waals surface area contributed by atoms with Crippen LogP contribution in [0.5, 0.6) is 0 Å². The Morgan fingerprint density at radius 2 is 1.70 bits per heavy atom. The third kappa shape index (κ3) is 3.37. The highest BCUT2D eigenvalue weighted by atomic mass is 32.2. The van der Waals surface area contributed by atoms with E-state index in [1.165, 1.54) is 34.1 Å². The Morgan fingerprint density at radius 1 is 1.04 bits per heavy atom. The fourth-order valence-corrected chi connectivity index (χ4v) is 3.11. The Balaban J connectivity index is 1.81. The van der Waals surface area contributed by atoms with Crippen LogP contribution in [0.15, 0.2) is 53.7 Å². The number of aryl methyl sites for hydroxylation is 1. The molecule has 118 valence electrons. The quantitative estimate of drug-likeness (QED) is 0.582. The Bertz CT molecular complexity index is 796. The zero-order chi connectivity index (χ0) is 16.4. The van der Waals surface area contributed by atoms with E-state index < -0.39 is 0 Å². The van der Waals surface area contributed by atoms with Crippen molar-refractivity contribution in [3.63, 3.8) is 0 Å². The van der Waals surface area contributed by atoms with Crippen molar-refractivity contribution in [3.8, 4) is 11.4 Å². The summed E-state index contributed by atoms with van der Waals surface area (Å²) in [6.45, 7) is 4.06. The molecule has 0 aliphatic rings. The molecule has 1 aromatic heterocycles. The van der Waals surface area contributed by atoms with E-state index >= 15 is 0 Å². The maximum atomic E-state index is 13.0. The second-order valence-electron chi connectivity index (χ2n) is 5.35. The third-order valence-corrected chi connectivity index (χ3v) is 4.71. The number of nitrogen functional groups attached to an aromatic ring is 1. The standard InChI is InChI=1S/C17H17FN4S/c1-11-3-5-14(6-4-11)16-20-21-17(22(16)19)23-12(2)13-7-9-15(18)10-8-13/h3-10,12H,19H2,1-2H3. The van der Waals surface area contributed by atoms with Gasteiger partial charge in [-0.25, -0.2) is 9.07 Å². The highest BCUT2D eigenvalue weighted by Gasteiger charge is 2.16. The number of rotatable bonds is 4. The highest BCUT2D eigenvalue weighted by Crippen LogP contribution is 2.34. The van der Waals surface area contributed by atoms with Crippen LogP contribution in [0.25, 0.3) is 11.4 Å². The van der Waals surface area contributed by atoms with Crippen molar-refractivity contribution in [3.05, 3.63) is 65.5 Å². The highest BCUT2D eigenvalue weighted by molar-refractivity contribution is 7.99. The molecular formula is C17H17FN4S. The average Bonchev–Trinajstić information content (AvgIpc) is 2.90. The van der Waals surface area contributed by atoms with Crippen LogP contribution in [0.3, 0.4) is 0 Å². The molecule has 0 saturated carbocycles. The van der Waals surface area contributed by atoms with Crippen molar-refractivity contribution < 1.29 is 4.39 Å². The normalized spacial score (nSPS) is 12.3. The van der Waals surface area contributed by atoms with Crippen LogP contribution in [0, 0.1) is 12.7 Å². The molecule has 1 atom stereocenters. The monoisotopic (exact) mass is 328 g/mol. The number of hydrogen-bond donors (Lipinski definition) is 1. The molecule has 2 aromatic carbocycles. The van der Waals surface area contributed by atoms with Crippen LogP contribution in [-0.2, 0) is 0 Å². The maximum absolute atomic E-state index is 13.0. The molecule has 0 bridgehead atoms. The van der Waals surface area contributed by atoms with Gasteiger partial charge in [0.05, 0.1) is 0 Å². The maximum Gasteiger partial charge on any atom is 0.210 e. The first kappa shape index (κ1) is 15.6. The molecule has 4 nitrogen and oxygen atoms in total. The molecule has 0 aliphatic carbocycles. The smallest absolute Gasteiger partial charge is 0.210 e. The molecule has 0 radical (unpaired) electrons. The molecule has 0 aliphatic heterocycles. The zero-order valence-electron chi connectivity index (χ0n) is 12.9. The van der Waals surface area contributed by atoms with E-state index in [2.05, 4.69) is 10.2 Å². The van der Waals surface area contributed by atoms with E-state index in [9.17, 15) is 4.39 Å². The van der Waals surface area contributed by atoms with Gasteiger partial charge in [0, 0.05) is 10.8 Å². The Morgan fingerprint density at radius 3 is 2.35 bits per heavy atom. The summed E-state index contributed by atoms with van der Waals surface area (Å²) in [5.41, 5.74) is 3.11. The lowest BCUT2D eigenvalue weighted by Crippen LogP contribution is -2.12. The number of aromatic nitrogens is 3. The van der Waals surface area contributed by atoms with Gasteiger partial charge >= 0.3 is 0 Å². The average molecular weight is 328 g/mol. The minimum Gasteiger partial charge on any atom is -0.335 e. The summed E-state index contributed by atoms with van der Waals surface area (Å²) >= 11 is 1.49. The molecule has 6 heteroatoms. The van der Waals surface area contributed by atoms with E-state index in [0.29, 0.717) is 11.0 Å². The van der Waals surface area contributed by atoms with Crippen molar-refractivity contribution in [2.75, 3.05) is 5.84 Å². The molecule has 23 heavy (non-hydrogen) atoms. The molecule has 1 unspecified atom stereocenters. The molecule has 0 amide bonds. The fraction of sp³-hybridized carbons (Fsp3) is 0.176. The van der Waals surface area contributed by atoms with E-state index in [1.807, 2.05) is 38.1 Å². The second-order valence-corrected chi connectivity index (χ2v) is 6.66. The summed E-state index contributed by atoms with van der Waals surface area (Å²) < 4.78 is 14.5. The summed E-state index contributed by atoms with van der Waals surface area (Å²) in [6.07, 6.45) is 0. The number of thioether (sulfide) groups is 1. The van der Waals surface area contributed by atoms with Crippen molar-refractivity contribution in [2.24, 2.45) is 0 Å². The van der Waals surface area contributed by atoms with Gasteiger partial charge in [-0.05, 0) is 31.5 Å². The Kier molecular flexibility index (Phi) is 4.34. The largest absolute Gasteiger partial charge is 0.335 e. The summed E-state index contributed by atoms with van der Waals surface area (Å²) in [6, 6.07) is 14.4. The Hall–Kier alpha value is -2.34. The number of hydrogen-bond acceptors (Lipinski definition) is 4. The van der Waals surface area contributed by atoms with Gasteiger partial charge in [0.15, 0.2) is 5.82 Å². The molecule has 0 saturated heterocycles. The van der Waals surface area contributed by atoms with Gasteiger partial charge in [0.2, 0.25) is 5.16 Å². The molecule has 3 aromatic rings. The summed E-state index contributed by atoms with van der Waals surface area (Å²) in [5, 5.41) is 9.07. The lowest BCUT2D eigenvalue weighted by Gasteiger charge is -2.11. The van der Waals surface area contributed by atoms with Gasteiger partial charge in [0.25, 0.3) is 0 Å². The summed E-state index contributed by atoms with van der Waals surface area (Å²) in [7, 11) is 0. The predicted octanol–water partition coefficient (Wildman–Crippen LogP) is 3.96. The summed E-state index contributed by atoms with van der Waals surface area (Å²) in [4.78, 5) is 0. The Labute approximate surface area is 138 Å². The number of benzene rings is 2. The minimum atomic E-state index is -0.241. The van der Waals surface area contributed by atoms with Crippen molar-refractivity contribution >= 4 is 11.8 Å². The third-order valence-electron chi connectivity index (χ3n) is 3.60. The lowest BCUT2D eigenvalue weighted by molar-refractivity contribution is 0.627. The van der Waals surface area contributed by atoms with Crippen LogP contribution in [0.1, 0.15) is 23.3 Å². The fourth-order valence-electron chi connectivity index (χ4n) is 2.22. The number of nitrogens with zero attached hydrogens (tertiary/aromatic N) is 3. The van der Waals surface area contributed by atoms with Crippen LogP contribution >= 0.6 is 11.8 Å². The first-order valence-corrected chi connectivity index (χ1v) is 8.12. The molecule has 0 fully saturated rings. The van der Waals surface area contributed by atoms with Crippen molar-refractivity contribution in [1.29, 1.82) is 0 Å². The molecular weight excluding hydrogens is 311 g/mol. The molecule has 2 N–H and O–H groups in total. The second kappa shape index (κ2) is 6.42. The van der Waals surface area contributed by atoms with Gasteiger partial charge in [-0.1, -0.05) is 53.7 Å². The van der Waals surface area contributed by atoms with Crippen LogP contribution < -0.4 is 5.84 Å². The van der Waals surface area contributed by atoms with Crippen LogP contribution in [-0.4, -0.2) is 14.9 Å². The topological polar surface area (TPSA) is 56.7 Å². The van der Waals surface area contributed by atoms with E-state index in [1.54, 1.807) is 12.1 Å². The van der Waals surface area contributed by atoms with E-state index in [-0.39, 0.29) is 11.1 Å². The van der Waals surface area contributed by atoms with Gasteiger partial charge in [-0.15, -0.1) is 10.2 Å². The predicted molar refractivity (Wildman–Crippen MR) is 91.0 cm³/mol. The van der Waals surface area contributed by atoms with Crippen LogP contribution in [0.2, 0.25) is 0 Å². The molecule has 1 heterocycles. The first-order chi connectivity index (χ1) is 11.0. The minimum absolute atomic E-state index is 0.0907. The van der Waals surface area contributed by atoms with E-state index in [4.69, 9.17) is 5.84 Å².